The fraction of sp³-hybridized carbons (Fsp3) is 0. The minimum Gasteiger partial charge on any atom is -0.399 e. The number of benzene rings is 2. The predicted molar refractivity (Wildman–Crippen MR) is 73.0 cm³/mol. The standard InChI is InChI=1S/C13H9BrFN3/c14-10-6-9(17)2-4-12(10)18-13-3-1-8(7-16)5-11(13)15/h1-6,18H,17H2. The van der Waals surface area contributed by atoms with Crippen LogP contribution in [0.25, 0.3) is 0 Å². The molecular weight excluding hydrogens is 297 g/mol. The zero-order valence-corrected chi connectivity index (χ0v) is 10.8. The van der Waals surface area contributed by atoms with Crippen LogP contribution in [0.15, 0.2) is 40.9 Å². The van der Waals surface area contributed by atoms with Crippen LogP contribution in [0.4, 0.5) is 21.5 Å². The van der Waals surface area contributed by atoms with Crippen molar-refractivity contribution >= 4 is 33.0 Å². The Bertz CT molecular complexity index is 635. The fourth-order valence-electron chi connectivity index (χ4n) is 1.46. The predicted octanol–water partition coefficient (Wildman–Crippen LogP) is 3.79. The lowest BCUT2D eigenvalue weighted by molar-refractivity contribution is 0.631. The van der Waals surface area contributed by atoms with Gasteiger partial charge in [-0.15, -0.1) is 0 Å². The van der Waals surface area contributed by atoms with E-state index in [0.29, 0.717) is 17.1 Å². The van der Waals surface area contributed by atoms with Gasteiger partial charge in [0.15, 0.2) is 0 Å². The van der Waals surface area contributed by atoms with E-state index in [1.807, 2.05) is 6.07 Å². The van der Waals surface area contributed by atoms with E-state index in [2.05, 4.69) is 21.2 Å². The lowest BCUT2D eigenvalue weighted by atomic mass is 10.2. The molecule has 0 bridgehead atoms. The van der Waals surface area contributed by atoms with Crippen molar-refractivity contribution in [2.45, 2.75) is 0 Å². The largest absolute Gasteiger partial charge is 0.399 e. The first-order valence-electron chi connectivity index (χ1n) is 5.12. The normalized spacial score (nSPS) is 9.83. The van der Waals surface area contributed by atoms with Crippen LogP contribution in [0.5, 0.6) is 0 Å². The topological polar surface area (TPSA) is 61.8 Å². The molecule has 0 unspecified atom stereocenters. The van der Waals surface area contributed by atoms with Crippen molar-refractivity contribution in [3.8, 4) is 6.07 Å². The molecule has 0 saturated heterocycles. The Balaban J connectivity index is 2.32. The number of nitrogen functional groups attached to an aromatic ring is 1. The highest BCUT2D eigenvalue weighted by molar-refractivity contribution is 9.10. The highest BCUT2D eigenvalue weighted by Gasteiger charge is 2.06. The van der Waals surface area contributed by atoms with E-state index in [4.69, 9.17) is 11.0 Å². The number of anilines is 3. The smallest absolute Gasteiger partial charge is 0.147 e. The molecular formula is C13H9BrFN3. The molecule has 2 rings (SSSR count). The SMILES string of the molecule is N#Cc1ccc(Nc2ccc(N)cc2Br)c(F)c1. The summed E-state index contributed by atoms with van der Waals surface area (Å²) in [5, 5.41) is 11.6. The second-order valence-electron chi connectivity index (χ2n) is 3.67. The molecule has 0 heterocycles. The summed E-state index contributed by atoms with van der Waals surface area (Å²) in [6.45, 7) is 0. The van der Waals surface area contributed by atoms with Gasteiger partial charge in [0.1, 0.15) is 5.82 Å². The molecule has 0 atom stereocenters. The van der Waals surface area contributed by atoms with Crippen molar-refractivity contribution in [1.29, 1.82) is 5.26 Å². The van der Waals surface area contributed by atoms with E-state index >= 15 is 0 Å². The molecule has 0 spiro atoms. The summed E-state index contributed by atoms with van der Waals surface area (Å²) < 4.78 is 14.4. The zero-order chi connectivity index (χ0) is 13.1. The number of rotatable bonds is 2. The summed E-state index contributed by atoms with van der Waals surface area (Å²) >= 11 is 3.34. The van der Waals surface area contributed by atoms with Gasteiger partial charge < -0.3 is 11.1 Å². The molecule has 0 fully saturated rings. The second kappa shape index (κ2) is 5.07. The first kappa shape index (κ1) is 12.4. The van der Waals surface area contributed by atoms with Crippen LogP contribution in [0, 0.1) is 17.1 Å². The zero-order valence-electron chi connectivity index (χ0n) is 9.24. The number of halogens is 2. The number of nitriles is 1. The Hall–Kier alpha value is -2.06. The molecule has 0 radical (unpaired) electrons. The minimum absolute atomic E-state index is 0.287. The molecule has 18 heavy (non-hydrogen) atoms. The van der Waals surface area contributed by atoms with Gasteiger partial charge in [0, 0.05) is 10.2 Å². The molecule has 0 aliphatic rings. The molecule has 0 amide bonds. The summed E-state index contributed by atoms with van der Waals surface area (Å²) in [6.07, 6.45) is 0. The third kappa shape index (κ3) is 2.60. The summed E-state index contributed by atoms with van der Waals surface area (Å²) in [4.78, 5) is 0. The van der Waals surface area contributed by atoms with Crippen molar-refractivity contribution in [2.75, 3.05) is 11.1 Å². The second-order valence-corrected chi connectivity index (χ2v) is 4.53. The highest BCUT2D eigenvalue weighted by Crippen LogP contribution is 2.29. The summed E-state index contributed by atoms with van der Waals surface area (Å²) in [7, 11) is 0. The van der Waals surface area contributed by atoms with Gasteiger partial charge in [0.05, 0.1) is 23.0 Å². The molecule has 0 aromatic heterocycles. The third-order valence-corrected chi connectivity index (χ3v) is 3.02. The van der Waals surface area contributed by atoms with Crippen LogP contribution < -0.4 is 11.1 Å². The highest BCUT2D eigenvalue weighted by atomic mass is 79.9. The van der Waals surface area contributed by atoms with E-state index < -0.39 is 5.82 Å². The Morgan fingerprint density at radius 3 is 2.50 bits per heavy atom. The Morgan fingerprint density at radius 2 is 1.89 bits per heavy atom. The summed E-state index contributed by atoms with van der Waals surface area (Å²) in [5.74, 6) is -0.474. The number of hydrogen-bond acceptors (Lipinski definition) is 3. The van der Waals surface area contributed by atoms with Crippen molar-refractivity contribution in [1.82, 2.24) is 0 Å². The molecule has 3 N–H and O–H groups in total. The lowest BCUT2D eigenvalue weighted by Gasteiger charge is -2.10. The van der Waals surface area contributed by atoms with Gasteiger partial charge in [0.2, 0.25) is 0 Å². The van der Waals surface area contributed by atoms with Crippen molar-refractivity contribution in [3.63, 3.8) is 0 Å². The fourth-order valence-corrected chi connectivity index (χ4v) is 1.96. The first-order valence-corrected chi connectivity index (χ1v) is 5.91. The van der Waals surface area contributed by atoms with Gasteiger partial charge in [-0.05, 0) is 52.3 Å². The molecule has 90 valence electrons. The summed E-state index contributed by atoms with van der Waals surface area (Å²) in [5.41, 5.74) is 7.53. The third-order valence-electron chi connectivity index (χ3n) is 2.36. The van der Waals surface area contributed by atoms with Crippen molar-refractivity contribution in [3.05, 3.63) is 52.3 Å². The molecule has 2 aromatic carbocycles. The maximum absolute atomic E-state index is 13.7. The van der Waals surface area contributed by atoms with Gasteiger partial charge in [-0.3, -0.25) is 0 Å². The van der Waals surface area contributed by atoms with E-state index in [1.165, 1.54) is 12.1 Å². The molecule has 2 aromatic rings. The minimum atomic E-state index is -0.474. The van der Waals surface area contributed by atoms with Crippen LogP contribution in [0.3, 0.4) is 0 Å². The van der Waals surface area contributed by atoms with Gasteiger partial charge in [0.25, 0.3) is 0 Å². The van der Waals surface area contributed by atoms with E-state index in [0.717, 1.165) is 4.47 Å². The van der Waals surface area contributed by atoms with Gasteiger partial charge in [-0.2, -0.15) is 5.26 Å². The van der Waals surface area contributed by atoms with Crippen molar-refractivity contribution in [2.24, 2.45) is 0 Å². The molecule has 0 saturated carbocycles. The molecule has 3 nitrogen and oxygen atoms in total. The molecule has 0 aliphatic carbocycles. The van der Waals surface area contributed by atoms with E-state index in [1.54, 1.807) is 24.3 Å². The Labute approximate surface area is 112 Å². The average Bonchev–Trinajstić information content (AvgIpc) is 2.34. The lowest BCUT2D eigenvalue weighted by Crippen LogP contribution is -1.96. The van der Waals surface area contributed by atoms with E-state index in [-0.39, 0.29) is 5.56 Å². The van der Waals surface area contributed by atoms with Gasteiger partial charge >= 0.3 is 0 Å². The quantitative estimate of drug-likeness (QED) is 0.830. The van der Waals surface area contributed by atoms with E-state index in [9.17, 15) is 4.39 Å². The van der Waals surface area contributed by atoms with Crippen LogP contribution in [-0.4, -0.2) is 0 Å². The first-order chi connectivity index (χ1) is 8.60. The van der Waals surface area contributed by atoms with Gasteiger partial charge in [-0.1, -0.05) is 0 Å². The van der Waals surface area contributed by atoms with Crippen molar-refractivity contribution < 1.29 is 4.39 Å². The van der Waals surface area contributed by atoms with Crippen LogP contribution in [0.2, 0.25) is 0 Å². The number of nitrogens with two attached hydrogens (primary N) is 1. The number of hydrogen-bond donors (Lipinski definition) is 2. The van der Waals surface area contributed by atoms with Crippen LogP contribution >= 0.6 is 15.9 Å². The summed E-state index contributed by atoms with van der Waals surface area (Å²) in [6, 6.07) is 11.3. The Morgan fingerprint density at radius 1 is 1.17 bits per heavy atom. The van der Waals surface area contributed by atoms with Crippen LogP contribution in [0.1, 0.15) is 5.56 Å². The monoisotopic (exact) mass is 305 g/mol. The molecule has 0 aliphatic heterocycles. The van der Waals surface area contributed by atoms with Crippen LogP contribution in [-0.2, 0) is 0 Å². The maximum atomic E-state index is 13.7. The molecule has 5 heteroatoms. The Kier molecular flexibility index (Phi) is 3.49. The van der Waals surface area contributed by atoms with Gasteiger partial charge in [-0.25, -0.2) is 4.39 Å². The maximum Gasteiger partial charge on any atom is 0.147 e. The number of nitrogens with zero attached hydrogens (tertiary/aromatic N) is 1. The average molecular weight is 306 g/mol. The number of nitrogens with one attached hydrogen (secondary N) is 1.